The summed E-state index contributed by atoms with van der Waals surface area (Å²) in [5.41, 5.74) is 5.27. The largest absolute Gasteiger partial charge is 0.394 e. The third-order valence-electron chi connectivity index (χ3n) is 2.55. The first kappa shape index (κ1) is 12.4. The summed E-state index contributed by atoms with van der Waals surface area (Å²) in [6, 6.07) is 0. The standard InChI is InChI=1S/C10H17N5O/c1-10(2,6-16)15(3)9-7(8(11)12)13-4-5-14-9/h4-5,16H,6H2,1-3H3,(H3,11,12). The second kappa shape index (κ2) is 4.44. The van der Waals surface area contributed by atoms with Crippen molar-refractivity contribution in [2.24, 2.45) is 5.73 Å². The Kier molecular flexibility index (Phi) is 3.44. The Bertz CT molecular complexity index is 391. The van der Waals surface area contributed by atoms with Gasteiger partial charge in [0.25, 0.3) is 0 Å². The molecule has 1 aromatic heterocycles. The van der Waals surface area contributed by atoms with Crippen LogP contribution in [0.5, 0.6) is 0 Å². The van der Waals surface area contributed by atoms with Gasteiger partial charge >= 0.3 is 0 Å². The Morgan fingerprint density at radius 1 is 1.50 bits per heavy atom. The van der Waals surface area contributed by atoms with Crippen molar-refractivity contribution in [1.82, 2.24) is 9.97 Å². The smallest absolute Gasteiger partial charge is 0.158 e. The minimum Gasteiger partial charge on any atom is -0.394 e. The molecular formula is C10H17N5O. The van der Waals surface area contributed by atoms with E-state index in [0.717, 1.165) is 0 Å². The molecule has 1 rings (SSSR count). The van der Waals surface area contributed by atoms with Gasteiger partial charge in [-0.2, -0.15) is 0 Å². The van der Waals surface area contributed by atoms with E-state index in [1.807, 2.05) is 13.8 Å². The number of hydrogen-bond donors (Lipinski definition) is 3. The maximum absolute atomic E-state index is 9.28. The lowest BCUT2D eigenvalue weighted by Gasteiger charge is -2.35. The van der Waals surface area contributed by atoms with Crippen molar-refractivity contribution in [2.45, 2.75) is 19.4 Å². The number of nitrogens with zero attached hydrogens (tertiary/aromatic N) is 3. The summed E-state index contributed by atoms with van der Waals surface area (Å²) in [7, 11) is 1.78. The lowest BCUT2D eigenvalue weighted by atomic mass is 10.1. The number of hydrogen-bond acceptors (Lipinski definition) is 5. The van der Waals surface area contributed by atoms with E-state index >= 15 is 0 Å². The van der Waals surface area contributed by atoms with E-state index < -0.39 is 5.54 Å². The first-order chi connectivity index (χ1) is 7.40. The Morgan fingerprint density at radius 3 is 2.56 bits per heavy atom. The summed E-state index contributed by atoms with van der Waals surface area (Å²) >= 11 is 0. The third-order valence-corrected chi connectivity index (χ3v) is 2.55. The van der Waals surface area contributed by atoms with E-state index in [9.17, 15) is 5.11 Å². The highest BCUT2D eigenvalue weighted by Crippen LogP contribution is 2.21. The van der Waals surface area contributed by atoms with Gasteiger partial charge in [-0.1, -0.05) is 0 Å². The number of rotatable bonds is 4. The average Bonchev–Trinajstić information content (AvgIpc) is 2.28. The van der Waals surface area contributed by atoms with Crippen LogP contribution in [0, 0.1) is 5.41 Å². The van der Waals surface area contributed by atoms with Gasteiger partial charge in [0.2, 0.25) is 0 Å². The highest BCUT2D eigenvalue weighted by molar-refractivity contribution is 5.97. The molecule has 0 atom stereocenters. The van der Waals surface area contributed by atoms with E-state index in [1.54, 1.807) is 11.9 Å². The number of likely N-dealkylation sites (N-methyl/N-ethyl adjacent to an activating group) is 1. The summed E-state index contributed by atoms with van der Waals surface area (Å²) in [6.45, 7) is 3.70. The van der Waals surface area contributed by atoms with E-state index in [4.69, 9.17) is 11.1 Å². The number of amidine groups is 1. The van der Waals surface area contributed by atoms with Crippen LogP contribution >= 0.6 is 0 Å². The molecule has 1 heterocycles. The monoisotopic (exact) mass is 223 g/mol. The minimum atomic E-state index is -0.486. The summed E-state index contributed by atoms with van der Waals surface area (Å²) in [5.74, 6) is 0.359. The van der Waals surface area contributed by atoms with Gasteiger partial charge in [-0.3, -0.25) is 5.41 Å². The van der Waals surface area contributed by atoms with Crippen molar-refractivity contribution in [3.8, 4) is 0 Å². The zero-order valence-electron chi connectivity index (χ0n) is 9.73. The molecule has 0 bridgehead atoms. The van der Waals surface area contributed by atoms with Crippen LogP contribution in [0.1, 0.15) is 19.5 Å². The molecule has 0 amide bonds. The van der Waals surface area contributed by atoms with Gasteiger partial charge in [0.05, 0.1) is 12.1 Å². The van der Waals surface area contributed by atoms with Gasteiger partial charge in [0, 0.05) is 19.4 Å². The molecule has 0 unspecified atom stereocenters. The lowest BCUT2D eigenvalue weighted by Crippen LogP contribution is -2.45. The minimum absolute atomic E-state index is 0.0303. The second-order valence-electron chi connectivity index (χ2n) is 4.17. The molecular weight excluding hydrogens is 206 g/mol. The van der Waals surface area contributed by atoms with E-state index in [-0.39, 0.29) is 12.4 Å². The maximum Gasteiger partial charge on any atom is 0.158 e. The van der Waals surface area contributed by atoms with Gasteiger partial charge in [-0.25, -0.2) is 9.97 Å². The summed E-state index contributed by atoms with van der Waals surface area (Å²) in [6.07, 6.45) is 3.02. The fourth-order valence-electron chi connectivity index (χ4n) is 1.16. The molecule has 0 aromatic carbocycles. The molecule has 0 saturated heterocycles. The van der Waals surface area contributed by atoms with Crippen molar-refractivity contribution < 1.29 is 5.11 Å². The molecule has 88 valence electrons. The first-order valence-corrected chi connectivity index (χ1v) is 4.90. The van der Waals surface area contributed by atoms with Crippen LogP contribution < -0.4 is 10.6 Å². The number of aliphatic hydroxyl groups excluding tert-OH is 1. The predicted molar refractivity (Wildman–Crippen MR) is 62.6 cm³/mol. The molecule has 0 aliphatic carbocycles. The molecule has 0 saturated carbocycles. The van der Waals surface area contributed by atoms with Crippen LogP contribution in [-0.2, 0) is 0 Å². The van der Waals surface area contributed by atoms with Crippen molar-refractivity contribution in [2.75, 3.05) is 18.6 Å². The second-order valence-corrected chi connectivity index (χ2v) is 4.17. The molecule has 6 nitrogen and oxygen atoms in total. The van der Waals surface area contributed by atoms with Crippen LogP contribution in [0.2, 0.25) is 0 Å². The van der Waals surface area contributed by atoms with Crippen molar-refractivity contribution in [3.63, 3.8) is 0 Å². The van der Waals surface area contributed by atoms with E-state index in [0.29, 0.717) is 11.5 Å². The highest BCUT2D eigenvalue weighted by atomic mass is 16.3. The zero-order valence-corrected chi connectivity index (χ0v) is 9.73. The van der Waals surface area contributed by atoms with Crippen molar-refractivity contribution in [1.29, 1.82) is 5.41 Å². The quantitative estimate of drug-likeness (QED) is 0.491. The summed E-state index contributed by atoms with van der Waals surface area (Å²) < 4.78 is 0. The first-order valence-electron chi connectivity index (χ1n) is 4.90. The molecule has 6 heteroatoms. The zero-order chi connectivity index (χ0) is 12.3. The topological polar surface area (TPSA) is 99.1 Å². The number of aromatic nitrogens is 2. The van der Waals surface area contributed by atoms with Crippen LogP contribution in [-0.4, -0.2) is 40.1 Å². The van der Waals surface area contributed by atoms with Crippen molar-refractivity contribution >= 4 is 11.7 Å². The Balaban J connectivity index is 3.18. The van der Waals surface area contributed by atoms with Gasteiger partial charge in [-0.05, 0) is 13.8 Å². The number of nitrogens with one attached hydrogen (secondary N) is 1. The Morgan fingerprint density at radius 2 is 2.06 bits per heavy atom. The highest BCUT2D eigenvalue weighted by Gasteiger charge is 2.26. The molecule has 0 fully saturated rings. The van der Waals surface area contributed by atoms with Crippen molar-refractivity contribution in [3.05, 3.63) is 18.1 Å². The fraction of sp³-hybridized carbons (Fsp3) is 0.500. The number of anilines is 1. The Hall–Kier alpha value is -1.69. The van der Waals surface area contributed by atoms with Gasteiger partial charge < -0.3 is 15.7 Å². The normalized spacial score (nSPS) is 11.2. The van der Waals surface area contributed by atoms with Crippen LogP contribution in [0.25, 0.3) is 0 Å². The maximum atomic E-state index is 9.28. The molecule has 0 radical (unpaired) electrons. The third kappa shape index (κ3) is 2.27. The molecule has 0 spiro atoms. The number of aliphatic hydroxyl groups is 1. The average molecular weight is 223 g/mol. The van der Waals surface area contributed by atoms with Crippen LogP contribution in [0.3, 0.4) is 0 Å². The van der Waals surface area contributed by atoms with Crippen LogP contribution in [0.4, 0.5) is 5.82 Å². The fourth-order valence-corrected chi connectivity index (χ4v) is 1.16. The van der Waals surface area contributed by atoms with E-state index in [2.05, 4.69) is 9.97 Å². The molecule has 1 aromatic rings. The lowest BCUT2D eigenvalue weighted by molar-refractivity contribution is 0.215. The SMILES string of the molecule is CN(c1nccnc1C(=N)N)C(C)(C)CO. The van der Waals surface area contributed by atoms with Gasteiger partial charge in [-0.15, -0.1) is 0 Å². The Labute approximate surface area is 94.6 Å². The molecule has 0 aliphatic heterocycles. The van der Waals surface area contributed by atoms with Crippen LogP contribution in [0.15, 0.2) is 12.4 Å². The summed E-state index contributed by atoms with van der Waals surface area (Å²) in [5, 5.41) is 16.7. The van der Waals surface area contributed by atoms with Gasteiger partial charge in [0.1, 0.15) is 11.5 Å². The number of nitrogen functional groups attached to an aromatic ring is 1. The molecule has 4 N–H and O–H groups in total. The summed E-state index contributed by atoms with van der Waals surface area (Å²) in [4.78, 5) is 9.92. The number of nitrogens with two attached hydrogens (primary N) is 1. The predicted octanol–water partition coefficient (Wildman–Crippen LogP) is -0.0322. The molecule has 0 aliphatic rings. The van der Waals surface area contributed by atoms with E-state index in [1.165, 1.54) is 12.4 Å². The van der Waals surface area contributed by atoms with Gasteiger partial charge in [0.15, 0.2) is 5.82 Å². The molecule has 16 heavy (non-hydrogen) atoms.